The Hall–Kier alpha value is -1.32. The van der Waals surface area contributed by atoms with Gasteiger partial charge in [-0.05, 0) is 24.7 Å². The van der Waals surface area contributed by atoms with Gasteiger partial charge in [-0.25, -0.2) is 9.36 Å². The largest absolute Gasteiger partial charge is 0.415 e. The lowest BCUT2D eigenvalue weighted by atomic mass is 10.0. The maximum absolute atomic E-state index is 12.2. The molecule has 2 heterocycles. The highest BCUT2D eigenvalue weighted by molar-refractivity contribution is 5.76. The molecule has 0 radical (unpaired) electrons. The van der Waals surface area contributed by atoms with Crippen molar-refractivity contribution in [2.24, 2.45) is 18.9 Å². The van der Waals surface area contributed by atoms with E-state index in [1.807, 2.05) is 35.2 Å². The van der Waals surface area contributed by atoms with Gasteiger partial charge in [-0.3, -0.25) is 0 Å². The van der Waals surface area contributed by atoms with E-state index in [-0.39, 0.29) is 6.03 Å². The van der Waals surface area contributed by atoms with Crippen LogP contribution in [0.25, 0.3) is 0 Å². The third kappa shape index (κ3) is 1.52. The smallest absolute Gasteiger partial charge is 0.304 e. The van der Waals surface area contributed by atoms with Crippen molar-refractivity contribution in [1.29, 1.82) is 0 Å². The van der Waals surface area contributed by atoms with Crippen molar-refractivity contribution in [3.63, 3.8) is 0 Å². The highest BCUT2D eigenvalue weighted by atomic mass is 16.2. The zero-order valence-corrected chi connectivity index (χ0v) is 9.67. The van der Waals surface area contributed by atoms with Crippen molar-refractivity contribution < 1.29 is 9.36 Å². The van der Waals surface area contributed by atoms with E-state index < -0.39 is 0 Å². The molecule has 1 aliphatic carbocycles. The first-order valence-corrected chi connectivity index (χ1v) is 6.06. The Morgan fingerprint density at radius 1 is 1.31 bits per heavy atom. The lowest BCUT2D eigenvalue weighted by Gasteiger charge is -2.13. The van der Waals surface area contributed by atoms with E-state index in [9.17, 15) is 4.79 Å². The molecule has 1 aliphatic heterocycles. The van der Waals surface area contributed by atoms with Gasteiger partial charge in [-0.2, -0.15) is 4.57 Å². The third-order valence-corrected chi connectivity index (χ3v) is 3.99. The minimum Gasteiger partial charge on any atom is -0.304 e. The second-order valence-electron chi connectivity index (χ2n) is 5.12. The van der Waals surface area contributed by atoms with Crippen molar-refractivity contribution in [3.05, 3.63) is 18.7 Å². The summed E-state index contributed by atoms with van der Waals surface area (Å²) in [6.07, 6.45) is 9.54. The lowest BCUT2D eigenvalue weighted by molar-refractivity contribution is -0.670. The Morgan fingerprint density at radius 3 is 2.56 bits per heavy atom. The molecule has 1 saturated carbocycles. The molecule has 0 bridgehead atoms. The van der Waals surface area contributed by atoms with Gasteiger partial charge in [0.2, 0.25) is 0 Å². The number of aromatic nitrogens is 2. The topological polar surface area (TPSA) is 29.1 Å². The van der Waals surface area contributed by atoms with Crippen LogP contribution in [0.15, 0.2) is 18.7 Å². The Kier molecular flexibility index (Phi) is 2.23. The number of carbonyl (C=O) groups excluding carboxylic acids is 1. The van der Waals surface area contributed by atoms with Gasteiger partial charge in [0.05, 0.1) is 7.05 Å². The summed E-state index contributed by atoms with van der Waals surface area (Å²) in [6.45, 7) is 1.93. The molecule has 4 nitrogen and oxygen atoms in total. The number of likely N-dealkylation sites (tertiary alicyclic amines) is 1. The van der Waals surface area contributed by atoms with Crippen molar-refractivity contribution in [1.82, 2.24) is 9.47 Å². The molecular formula is C12H18N3O+. The number of amides is 1. The molecule has 2 unspecified atom stereocenters. The van der Waals surface area contributed by atoms with Crippen LogP contribution in [0.5, 0.6) is 0 Å². The summed E-state index contributed by atoms with van der Waals surface area (Å²) in [6, 6.07) is 0.134. The molecule has 3 rings (SSSR count). The first-order chi connectivity index (χ1) is 7.74. The van der Waals surface area contributed by atoms with Gasteiger partial charge in [0, 0.05) is 13.1 Å². The summed E-state index contributed by atoms with van der Waals surface area (Å²) in [4.78, 5) is 14.2. The second-order valence-corrected chi connectivity index (χ2v) is 5.12. The van der Waals surface area contributed by atoms with Crippen molar-refractivity contribution in [3.8, 4) is 0 Å². The van der Waals surface area contributed by atoms with Gasteiger partial charge in [0.1, 0.15) is 12.4 Å². The Labute approximate surface area is 95.5 Å². The van der Waals surface area contributed by atoms with E-state index in [1.165, 1.54) is 19.3 Å². The van der Waals surface area contributed by atoms with Crippen LogP contribution in [-0.2, 0) is 7.05 Å². The van der Waals surface area contributed by atoms with Crippen LogP contribution < -0.4 is 4.57 Å². The third-order valence-electron chi connectivity index (χ3n) is 3.99. The van der Waals surface area contributed by atoms with Crippen LogP contribution in [0.3, 0.4) is 0 Å². The molecule has 16 heavy (non-hydrogen) atoms. The van der Waals surface area contributed by atoms with Gasteiger partial charge in [0.15, 0.2) is 0 Å². The van der Waals surface area contributed by atoms with Crippen molar-refractivity contribution in [2.45, 2.75) is 19.3 Å². The molecule has 2 atom stereocenters. The van der Waals surface area contributed by atoms with Crippen LogP contribution in [0, 0.1) is 11.8 Å². The SMILES string of the molecule is C[n+]1ccn(C(=O)N2CC3CCCC3C2)c1. The molecule has 1 amide bonds. The van der Waals surface area contributed by atoms with Gasteiger partial charge < -0.3 is 4.90 Å². The summed E-state index contributed by atoms with van der Waals surface area (Å²) in [5, 5.41) is 0. The number of imidazole rings is 1. The van der Waals surface area contributed by atoms with Crippen LogP contribution >= 0.6 is 0 Å². The standard InChI is InChI=1S/C12H18N3O/c1-13-5-6-14(9-13)12(16)15-7-10-3-2-4-11(10)8-15/h5-6,9-11H,2-4,7-8H2,1H3/q+1. The monoisotopic (exact) mass is 220 g/mol. The molecule has 2 fully saturated rings. The van der Waals surface area contributed by atoms with Crippen molar-refractivity contribution in [2.75, 3.05) is 13.1 Å². The molecule has 1 aromatic rings. The second kappa shape index (κ2) is 3.61. The summed E-state index contributed by atoms with van der Waals surface area (Å²) in [5.41, 5.74) is 0. The number of nitrogens with zero attached hydrogens (tertiary/aromatic N) is 3. The molecule has 0 N–H and O–H groups in total. The molecule has 86 valence electrons. The van der Waals surface area contributed by atoms with E-state index in [1.54, 1.807) is 4.57 Å². The maximum Gasteiger partial charge on any atom is 0.415 e. The molecule has 1 aromatic heterocycles. The first-order valence-electron chi connectivity index (χ1n) is 6.06. The molecular weight excluding hydrogens is 202 g/mol. The quantitative estimate of drug-likeness (QED) is 0.600. The zero-order chi connectivity index (χ0) is 11.1. The fraction of sp³-hybridized carbons (Fsp3) is 0.667. The fourth-order valence-corrected chi connectivity index (χ4v) is 3.12. The number of hydrogen-bond donors (Lipinski definition) is 0. The Bertz CT molecular complexity index is 400. The number of aryl methyl sites for hydroxylation is 1. The summed E-state index contributed by atoms with van der Waals surface area (Å²) in [7, 11) is 1.93. The normalized spacial score (nSPS) is 28.4. The van der Waals surface area contributed by atoms with Crippen molar-refractivity contribution >= 4 is 6.03 Å². The molecule has 0 aromatic carbocycles. The average molecular weight is 220 g/mol. The average Bonchev–Trinajstić information content (AvgIpc) is 2.89. The number of carbonyl (C=O) groups is 1. The maximum atomic E-state index is 12.2. The van der Waals surface area contributed by atoms with Gasteiger partial charge in [-0.1, -0.05) is 6.42 Å². The van der Waals surface area contributed by atoms with E-state index in [0.717, 1.165) is 24.9 Å². The molecule has 0 spiro atoms. The van der Waals surface area contributed by atoms with E-state index in [4.69, 9.17) is 0 Å². The van der Waals surface area contributed by atoms with Crippen LogP contribution in [-0.4, -0.2) is 28.6 Å². The highest BCUT2D eigenvalue weighted by Crippen LogP contribution is 2.37. The van der Waals surface area contributed by atoms with Gasteiger partial charge in [0.25, 0.3) is 6.33 Å². The Balaban J connectivity index is 1.73. The van der Waals surface area contributed by atoms with Crippen LogP contribution in [0.1, 0.15) is 19.3 Å². The highest BCUT2D eigenvalue weighted by Gasteiger charge is 2.39. The molecule has 4 heteroatoms. The van der Waals surface area contributed by atoms with Crippen LogP contribution in [0.4, 0.5) is 4.79 Å². The lowest BCUT2D eigenvalue weighted by Crippen LogP contribution is -2.34. The fourth-order valence-electron chi connectivity index (χ4n) is 3.12. The first kappa shape index (κ1) is 9.87. The minimum atomic E-state index is 0.134. The zero-order valence-electron chi connectivity index (χ0n) is 9.67. The predicted molar refractivity (Wildman–Crippen MR) is 58.8 cm³/mol. The van der Waals surface area contributed by atoms with Gasteiger partial charge >= 0.3 is 6.03 Å². The minimum absolute atomic E-state index is 0.134. The summed E-state index contributed by atoms with van der Waals surface area (Å²) in [5.74, 6) is 1.54. The van der Waals surface area contributed by atoms with Crippen LogP contribution in [0.2, 0.25) is 0 Å². The number of fused-ring (bicyclic) bond motifs is 1. The summed E-state index contributed by atoms with van der Waals surface area (Å²) < 4.78 is 3.58. The number of rotatable bonds is 0. The summed E-state index contributed by atoms with van der Waals surface area (Å²) >= 11 is 0. The van der Waals surface area contributed by atoms with Gasteiger partial charge in [-0.15, -0.1) is 0 Å². The van der Waals surface area contributed by atoms with E-state index in [2.05, 4.69) is 0 Å². The molecule has 1 saturated heterocycles. The molecule has 2 aliphatic rings. The Morgan fingerprint density at radius 2 is 2.00 bits per heavy atom. The van der Waals surface area contributed by atoms with E-state index >= 15 is 0 Å². The van der Waals surface area contributed by atoms with E-state index in [0.29, 0.717) is 0 Å². The predicted octanol–water partition coefficient (Wildman–Crippen LogP) is 1.01. The number of hydrogen-bond acceptors (Lipinski definition) is 1.